The number of nitrogens with zero attached hydrogens (tertiary/aromatic N) is 5. The molecule has 0 unspecified atom stereocenters. The fraction of sp³-hybridized carbons (Fsp3) is 0.261. The lowest BCUT2D eigenvalue weighted by Gasteiger charge is -2.21. The SMILES string of the molecule is CC(C)(CN)C(=O)NC1=CN=C(c2cc(-c3ccon3)n(Cc3ccccc3F)n2)CN=C1N. The standard InChI is InChI=1S/C23H25FN8O2/c1-23(2,13-25)22(33)29-19-11-27-18(10-28-21(19)26)17-9-20(16-7-8-34-31-16)32(30-17)12-14-5-3-4-6-15(14)24/h3-9,11H,10,12-13,25H2,1-2H3,(H2,26,28)(H,29,33). The average Bonchev–Trinajstić information content (AvgIpc) is 3.45. The molecular weight excluding hydrogens is 439 g/mol. The molecule has 34 heavy (non-hydrogen) atoms. The highest BCUT2D eigenvalue weighted by molar-refractivity contribution is 6.07. The van der Waals surface area contributed by atoms with Gasteiger partial charge in [0.25, 0.3) is 0 Å². The fourth-order valence-corrected chi connectivity index (χ4v) is 3.14. The van der Waals surface area contributed by atoms with Crippen LogP contribution in [0.15, 0.2) is 69.1 Å². The molecule has 1 aromatic carbocycles. The highest BCUT2D eigenvalue weighted by Gasteiger charge is 2.27. The van der Waals surface area contributed by atoms with Crippen LogP contribution in [-0.2, 0) is 11.3 Å². The summed E-state index contributed by atoms with van der Waals surface area (Å²) >= 11 is 0. The summed E-state index contributed by atoms with van der Waals surface area (Å²) in [5, 5.41) is 11.4. The molecule has 1 aliphatic heterocycles. The maximum absolute atomic E-state index is 14.3. The van der Waals surface area contributed by atoms with E-state index in [9.17, 15) is 9.18 Å². The third-order valence-corrected chi connectivity index (χ3v) is 5.45. The Morgan fingerprint density at radius 2 is 2.06 bits per heavy atom. The number of nitrogens with one attached hydrogen (secondary N) is 1. The smallest absolute Gasteiger partial charge is 0.231 e. The van der Waals surface area contributed by atoms with Crippen molar-refractivity contribution in [3.63, 3.8) is 0 Å². The van der Waals surface area contributed by atoms with Crippen molar-refractivity contribution < 1.29 is 13.7 Å². The molecule has 10 nitrogen and oxygen atoms in total. The molecule has 0 fully saturated rings. The van der Waals surface area contributed by atoms with Crippen LogP contribution in [0.2, 0.25) is 0 Å². The molecule has 0 radical (unpaired) electrons. The number of hydrogen-bond donors (Lipinski definition) is 3. The van der Waals surface area contributed by atoms with Crippen LogP contribution in [0.25, 0.3) is 11.4 Å². The van der Waals surface area contributed by atoms with Crippen LogP contribution in [-0.4, -0.2) is 45.5 Å². The molecule has 0 saturated carbocycles. The van der Waals surface area contributed by atoms with Gasteiger partial charge in [0.2, 0.25) is 5.91 Å². The topological polar surface area (TPSA) is 150 Å². The number of benzene rings is 1. The van der Waals surface area contributed by atoms with Gasteiger partial charge in [0, 0.05) is 18.2 Å². The molecule has 5 N–H and O–H groups in total. The molecule has 4 rings (SSSR count). The summed E-state index contributed by atoms with van der Waals surface area (Å²) in [7, 11) is 0. The Bertz CT molecular complexity index is 1290. The molecule has 0 bridgehead atoms. The first-order valence-corrected chi connectivity index (χ1v) is 10.6. The van der Waals surface area contributed by atoms with Crippen LogP contribution in [0.3, 0.4) is 0 Å². The van der Waals surface area contributed by atoms with Gasteiger partial charge in [0.15, 0.2) is 0 Å². The first-order chi connectivity index (χ1) is 16.3. The monoisotopic (exact) mass is 464 g/mol. The van der Waals surface area contributed by atoms with E-state index >= 15 is 0 Å². The number of halogens is 1. The van der Waals surface area contributed by atoms with Crippen LogP contribution in [0.5, 0.6) is 0 Å². The second-order valence-corrected chi connectivity index (χ2v) is 8.41. The van der Waals surface area contributed by atoms with Crippen LogP contribution in [0.4, 0.5) is 4.39 Å². The number of amidine groups is 1. The van der Waals surface area contributed by atoms with E-state index in [2.05, 4.69) is 25.6 Å². The summed E-state index contributed by atoms with van der Waals surface area (Å²) in [4.78, 5) is 21.3. The maximum atomic E-state index is 14.3. The number of hydrogen-bond acceptors (Lipinski definition) is 8. The van der Waals surface area contributed by atoms with Crippen LogP contribution in [0, 0.1) is 11.2 Å². The van der Waals surface area contributed by atoms with Crippen LogP contribution in [0.1, 0.15) is 25.1 Å². The minimum absolute atomic E-state index is 0.136. The number of aromatic nitrogens is 3. The summed E-state index contributed by atoms with van der Waals surface area (Å²) in [6, 6.07) is 9.95. The zero-order valence-electron chi connectivity index (χ0n) is 18.8. The van der Waals surface area contributed by atoms with Crippen molar-refractivity contribution in [2.75, 3.05) is 13.1 Å². The van der Waals surface area contributed by atoms with Gasteiger partial charge in [-0.1, -0.05) is 23.4 Å². The second kappa shape index (κ2) is 9.40. The predicted octanol–water partition coefficient (Wildman–Crippen LogP) is 1.83. The molecule has 3 aromatic rings. The van der Waals surface area contributed by atoms with Gasteiger partial charge >= 0.3 is 0 Å². The van der Waals surface area contributed by atoms with E-state index in [1.54, 1.807) is 48.9 Å². The zero-order chi connectivity index (χ0) is 24.3. The molecule has 0 saturated heterocycles. The maximum Gasteiger partial charge on any atom is 0.231 e. The number of amides is 1. The van der Waals surface area contributed by atoms with E-state index in [1.807, 2.05) is 0 Å². The Kier molecular flexibility index (Phi) is 6.37. The van der Waals surface area contributed by atoms with Gasteiger partial charge < -0.3 is 21.3 Å². The van der Waals surface area contributed by atoms with E-state index in [4.69, 9.17) is 16.0 Å². The zero-order valence-corrected chi connectivity index (χ0v) is 18.8. The largest absolute Gasteiger partial charge is 0.382 e. The lowest BCUT2D eigenvalue weighted by atomic mass is 9.92. The molecule has 176 valence electrons. The molecule has 1 amide bonds. The third-order valence-electron chi connectivity index (χ3n) is 5.45. The third kappa shape index (κ3) is 4.79. The molecule has 0 atom stereocenters. The van der Waals surface area contributed by atoms with Gasteiger partial charge in [-0.2, -0.15) is 5.10 Å². The second-order valence-electron chi connectivity index (χ2n) is 8.41. The van der Waals surface area contributed by atoms with E-state index < -0.39 is 5.41 Å². The van der Waals surface area contributed by atoms with Gasteiger partial charge in [-0.25, -0.2) is 4.39 Å². The highest BCUT2D eigenvalue weighted by atomic mass is 19.1. The normalized spacial score (nSPS) is 14.2. The number of aliphatic imine (C=N–C) groups is 2. The molecule has 3 heterocycles. The van der Waals surface area contributed by atoms with Gasteiger partial charge in [-0.05, 0) is 26.0 Å². The first kappa shape index (κ1) is 23.1. The van der Waals surface area contributed by atoms with Crippen molar-refractivity contribution in [1.82, 2.24) is 20.3 Å². The van der Waals surface area contributed by atoms with Crippen molar-refractivity contribution in [3.05, 3.63) is 71.6 Å². The van der Waals surface area contributed by atoms with Crippen LogP contribution < -0.4 is 16.8 Å². The van der Waals surface area contributed by atoms with Gasteiger partial charge in [0.05, 0.1) is 36.1 Å². The lowest BCUT2D eigenvalue weighted by molar-refractivity contribution is -0.127. The van der Waals surface area contributed by atoms with Crippen molar-refractivity contribution in [1.29, 1.82) is 0 Å². The van der Waals surface area contributed by atoms with Gasteiger partial charge in [-0.3, -0.25) is 19.5 Å². The van der Waals surface area contributed by atoms with Crippen molar-refractivity contribution in [3.8, 4) is 11.4 Å². The molecule has 1 aliphatic rings. The average molecular weight is 465 g/mol. The number of rotatable bonds is 7. The van der Waals surface area contributed by atoms with E-state index in [0.717, 1.165) is 0 Å². The minimum atomic E-state index is -0.780. The Morgan fingerprint density at radius 3 is 2.76 bits per heavy atom. The quantitative estimate of drug-likeness (QED) is 0.485. The van der Waals surface area contributed by atoms with Crippen molar-refractivity contribution in [2.45, 2.75) is 20.4 Å². The van der Waals surface area contributed by atoms with Crippen molar-refractivity contribution in [2.24, 2.45) is 26.9 Å². The lowest BCUT2D eigenvalue weighted by Crippen LogP contribution is -2.43. The summed E-state index contributed by atoms with van der Waals surface area (Å²) in [5.41, 5.74) is 13.9. The Morgan fingerprint density at radius 1 is 1.26 bits per heavy atom. The first-order valence-electron chi connectivity index (χ1n) is 10.6. The molecule has 2 aromatic heterocycles. The van der Waals surface area contributed by atoms with E-state index in [1.165, 1.54) is 18.5 Å². The summed E-state index contributed by atoms with van der Waals surface area (Å²) in [6.45, 7) is 3.95. The predicted molar refractivity (Wildman–Crippen MR) is 125 cm³/mol. The summed E-state index contributed by atoms with van der Waals surface area (Å²) in [5.74, 6) is -0.485. The Balaban J connectivity index is 1.67. The molecule has 0 spiro atoms. The number of nitrogens with two attached hydrogens (primary N) is 2. The van der Waals surface area contributed by atoms with Gasteiger partial charge in [0.1, 0.15) is 35.0 Å². The molecular formula is C23H25FN8O2. The highest BCUT2D eigenvalue weighted by Crippen LogP contribution is 2.22. The molecule has 11 heteroatoms. The van der Waals surface area contributed by atoms with E-state index in [-0.39, 0.29) is 42.9 Å². The van der Waals surface area contributed by atoms with Crippen LogP contribution >= 0.6 is 0 Å². The Hall–Kier alpha value is -4.12. The molecule has 0 aliphatic carbocycles. The summed E-state index contributed by atoms with van der Waals surface area (Å²) in [6.07, 6.45) is 2.89. The van der Waals surface area contributed by atoms with E-state index in [0.29, 0.717) is 28.4 Å². The Labute approximate surface area is 195 Å². The summed E-state index contributed by atoms with van der Waals surface area (Å²) < 4.78 is 20.9. The van der Waals surface area contributed by atoms with Gasteiger partial charge in [-0.15, -0.1) is 0 Å². The fourth-order valence-electron chi connectivity index (χ4n) is 3.14. The van der Waals surface area contributed by atoms with Crippen molar-refractivity contribution >= 4 is 17.5 Å². The minimum Gasteiger partial charge on any atom is -0.382 e. The number of carbonyl (C=O) groups is 1. The number of carbonyl (C=O) groups excluding carboxylic acids is 1.